The van der Waals surface area contributed by atoms with E-state index in [-0.39, 0.29) is 0 Å². The summed E-state index contributed by atoms with van der Waals surface area (Å²) >= 11 is 0. The van der Waals surface area contributed by atoms with Gasteiger partial charge in [0.1, 0.15) is 12.2 Å². The highest BCUT2D eigenvalue weighted by Crippen LogP contribution is 2.51. The van der Waals surface area contributed by atoms with Crippen molar-refractivity contribution in [2.24, 2.45) is 0 Å². The Balaban J connectivity index is 1.54. The molecule has 0 heterocycles. The Morgan fingerprint density at radius 2 is 1.06 bits per heavy atom. The first-order valence-corrected chi connectivity index (χ1v) is 17.1. The van der Waals surface area contributed by atoms with Gasteiger partial charge in [-0.2, -0.15) is 10.5 Å². The molecule has 6 rings (SSSR count). The van der Waals surface area contributed by atoms with Crippen LogP contribution in [-0.2, 0) is 19.6 Å². The van der Waals surface area contributed by atoms with Gasteiger partial charge in [-0.1, -0.05) is 130 Å². The second-order valence-electron chi connectivity index (χ2n) is 12.3. The number of fused-ring (bicyclic) bond motifs is 2. The van der Waals surface area contributed by atoms with Gasteiger partial charge in [-0.25, -0.2) is 19.6 Å². The molecule has 4 aromatic carbocycles. The molecule has 0 spiro atoms. The van der Waals surface area contributed by atoms with E-state index >= 15 is 0 Å². The monoisotopic (exact) mass is 660 g/mol. The molecule has 0 aromatic heterocycles. The third kappa shape index (κ3) is 6.51. The first-order valence-electron chi connectivity index (χ1n) is 17.1. The molecular weight excluding hydrogens is 620 g/mol. The molecule has 4 aromatic rings. The number of hydrogen-bond acceptors (Lipinski definition) is 6. The third-order valence-corrected chi connectivity index (χ3v) is 9.28. The van der Waals surface area contributed by atoms with Crippen molar-refractivity contribution in [1.29, 1.82) is 10.5 Å². The van der Waals surface area contributed by atoms with Gasteiger partial charge in [-0.05, 0) is 80.2 Å². The van der Waals surface area contributed by atoms with E-state index in [1.165, 1.54) is 14.2 Å². The molecule has 0 N–H and O–H groups in total. The van der Waals surface area contributed by atoms with Crippen LogP contribution in [-0.4, -0.2) is 26.4 Å². The van der Waals surface area contributed by atoms with Gasteiger partial charge in [-0.3, -0.25) is 0 Å². The van der Waals surface area contributed by atoms with E-state index in [1.807, 2.05) is 42.5 Å². The van der Waals surface area contributed by atoms with Crippen LogP contribution in [0.4, 0.5) is 0 Å². The molecule has 0 radical (unpaired) electrons. The lowest BCUT2D eigenvalue weighted by molar-refractivity contribution is -0.295. The SMILES string of the molecule is CCCC(OOC)/C(C#N)=C1\C=C(c2ccc(C3=C(c4ccccc4)/C(=C(\C#N)C(CCC)OOC)c4ccccc43)cc2)c2ccccc21. The third-order valence-electron chi connectivity index (χ3n) is 9.28. The van der Waals surface area contributed by atoms with Gasteiger partial charge in [0.05, 0.1) is 37.5 Å². The molecule has 6 nitrogen and oxygen atoms in total. The zero-order chi connectivity index (χ0) is 35.0. The largest absolute Gasteiger partial charge is 0.239 e. The van der Waals surface area contributed by atoms with Crippen molar-refractivity contribution in [3.63, 3.8) is 0 Å². The summed E-state index contributed by atoms with van der Waals surface area (Å²) < 4.78 is 0. The Morgan fingerprint density at radius 3 is 1.64 bits per heavy atom. The van der Waals surface area contributed by atoms with E-state index in [4.69, 9.17) is 19.6 Å². The molecule has 2 atom stereocenters. The Kier molecular flexibility index (Phi) is 11.0. The topological polar surface area (TPSA) is 84.5 Å². The summed E-state index contributed by atoms with van der Waals surface area (Å²) in [6.45, 7) is 4.14. The van der Waals surface area contributed by atoms with Gasteiger partial charge in [0, 0.05) is 5.57 Å². The standard InChI is InChI=1S/C44H40N2O4/c1-5-14-40(49-47-3)38(27-45)37-26-36(32-18-10-11-19-33(32)37)29-22-24-31(25-23-29)42-34-20-12-13-21-35(34)44(43(42)30-16-8-7-9-17-30)39(28-46)41(15-6-2)50-48-4/h7-13,16-26,40-41H,5-6,14-15H2,1-4H3/b38-37+,44-39+. The van der Waals surface area contributed by atoms with E-state index in [1.54, 1.807) is 0 Å². The molecule has 0 saturated heterocycles. The maximum atomic E-state index is 10.7. The molecule has 6 heteroatoms. The first-order chi connectivity index (χ1) is 24.6. The number of benzene rings is 4. The average Bonchev–Trinajstić information content (AvgIpc) is 3.70. The van der Waals surface area contributed by atoms with Crippen LogP contribution in [0.3, 0.4) is 0 Å². The van der Waals surface area contributed by atoms with Crippen molar-refractivity contribution in [3.8, 4) is 12.1 Å². The van der Waals surface area contributed by atoms with E-state index in [0.29, 0.717) is 24.0 Å². The second kappa shape index (κ2) is 15.9. The summed E-state index contributed by atoms with van der Waals surface area (Å²) in [7, 11) is 2.97. The van der Waals surface area contributed by atoms with Crippen LogP contribution in [0.5, 0.6) is 0 Å². The quantitative estimate of drug-likeness (QED) is 0.0806. The van der Waals surface area contributed by atoms with Gasteiger partial charge in [-0.15, -0.1) is 0 Å². The van der Waals surface area contributed by atoms with E-state index in [2.05, 4.69) is 92.7 Å². The Morgan fingerprint density at radius 1 is 0.560 bits per heavy atom. The molecule has 0 amide bonds. The lowest BCUT2D eigenvalue weighted by atomic mass is 9.88. The zero-order valence-corrected chi connectivity index (χ0v) is 28.9. The van der Waals surface area contributed by atoms with E-state index in [0.717, 1.165) is 79.7 Å². The van der Waals surface area contributed by atoms with Crippen molar-refractivity contribution in [3.05, 3.63) is 159 Å². The van der Waals surface area contributed by atoms with Crippen molar-refractivity contribution < 1.29 is 19.6 Å². The van der Waals surface area contributed by atoms with Crippen molar-refractivity contribution in [1.82, 2.24) is 0 Å². The van der Waals surface area contributed by atoms with Gasteiger partial charge in [0.2, 0.25) is 0 Å². The molecule has 0 saturated carbocycles. The number of nitrogens with zero attached hydrogens (tertiary/aromatic N) is 2. The Labute approximate surface area is 294 Å². The van der Waals surface area contributed by atoms with Crippen LogP contribution >= 0.6 is 0 Å². The predicted octanol–water partition coefficient (Wildman–Crippen LogP) is 10.2. The van der Waals surface area contributed by atoms with Crippen LogP contribution in [0.25, 0.3) is 27.9 Å². The number of hydrogen-bond donors (Lipinski definition) is 0. The van der Waals surface area contributed by atoms with Crippen LogP contribution in [0.2, 0.25) is 0 Å². The van der Waals surface area contributed by atoms with Gasteiger partial charge < -0.3 is 0 Å². The molecule has 0 bridgehead atoms. The highest BCUT2D eigenvalue weighted by molar-refractivity contribution is 6.25. The number of allylic oxidation sites excluding steroid dienone is 4. The highest BCUT2D eigenvalue weighted by atomic mass is 17.2. The van der Waals surface area contributed by atoms with Crippen molar-refractivity contribution in [2.45, 2.75) is 51.7 Å². The number of nitriles is 2. The summed E-state index contributed by atoms with van der Waals surface area (Å²) in [4.78, 5) is 21.5. The average molecular weight is 661 g/mol. The zero-order valence-electron chi connectivity index (χ0n) is 28.9. The van der Waals surface area contributed by atoms with Crippen LogP contribution in [0.1, 0.15) is 78.5 Å². The van der Waals surface area contributed by atoms with Crippen molar-refractivity contribution in [2.75, 3.05) is 14.2 Å². The van der Waals surface area contributed by atoms with Crippen LogP contribution in [0.15, 0.2) is 120 Å². The summed E-state index contributed by atoms with van der Waals surface area (Å²) in [6, 6.07) is 40.2. The Hall–Kier alpha value is -5.34. The van der Waals surface area contributed by atoms with E-state index in [9.17, 15) is 10.5 Å². The van der Waals surface area contributed by atoms with Gasteiger partial charge in [0.15, 0.2) is 0 Å². The number of rotatable bonds is 13. The highest BCUT2D eigenvalue weighted by Gasteiger charge is 2.34. The summed E-state index contributed by atoms with van der Waals surface area (Å²) in [5.41, 5.74) is 13.1. The molecule has 0 fully saturated rings. The van der Waals surface area contributed by atoms with Crippen LogP contribution in [0, 0.1) is 22.7 Å². The minimum atomic E-state index is -0.514. The molecular formula is C44H40N2O4. The molecule has 2 aliphatic rings. The predicted molar refractivity (Wildman–Crippen MR) is 197 cm³/mol. The second-order valence-corrected chi connectivity index (χ2v) is 12.3. The molecule has 250 valence electrons. The maximum absolute atomic E-state index is 10.7. The summed E-state index contributed by atoms with van der Waals surface area (Å²) in [6.07, 6.45) is 4.11. The fourth-order valence-corrected chi connectivity index (χ4v) is 7.15. The fraction of sp³-hybridized carbons (Fsp3) is 0.227. The van der Waals surface area contributed by atoms with Gasteiger partial charge >= 0.3 is 0 Å². The summed E-state index contributed by atoms with van der Waals surface area (Å²) in [5, 5.41) is 21.0. The van der Waals surface area contributed by atoms with Gasteiger partial charge in [0.25, 0.3) is 0 Å². The molecule has 50 heavy (non-hydrogen) atoms. The molecule has 2 aliphatic carbocycles. The first kappa shape index (κ1) is 34.5. The fourth-order valence-electron chi connectivity index (χ4n) is 7.15. The normalized spacial score (nSPS) is 16.6. The van der Waals surface area contributed by atoms with Crippen molar-refractivity contribution >= 4 is 27.9 Å². The summed E-state index contributed by atoms with van der Waals surface area (Å²) in [5.74, 6) is 0. The Bertz CT molecular complexity index is 2060. The maximum Gasteiger partial charge on any atom is 0.128 e. The molecule has 0 aliphatic heterocycles. The lowest BCUT2D eigenvalue weighted by Crippen LogP contribution is -2.16. The minimum absolute atomic E-state index is 0.464. The van der Waals surface area contributed by atoms with E-state index < -0.39 is 12.2 Å². The lowest BCUT2D eigenvalue weighted by Gasteiger charge is -2.19. The van der Waals surface area contributed by atoms with Crippen LogP contribution < -0.4 is 0 Å². The molecule has 2 unspecified atom stereocenters. The smallest absolute Gasteiger partial charge is 0.128 e. The minimum Gasteiger partial charge on any atom is -0.239 e.